The quantitative estimate of drug-likeness (QED) is 0.817. The summed E-state index contributed by atoms with van der Waals surface area (Å²) in [5.41, 5.74) is 8.67. The zero-order valence-corrected chi connectivity index (χ0v) is 12.5. The number of nitrogen functional groups attached to an aromatic ring is 1. The van der Waals surface area contributed by atoms with E-state index in [-0.39, 0.29) is 5.91 Å². The second-order valence-electron chi connectivity index (χ2n) is 4.73. The normalized spacial score (nSPS) is 10.4. The zero-order chi connectivity index (χ0) is 15.4. The number of carbonyl (C=O) groups is 1. The molecule has 1 heterocycles. The number of benzene rings is 1. The van der Waals surface area contributed by atoms with E-state index in [2.05, 4.69) is 10.4 Å². The highest BCUT2D eigenvalue weighted by molar-refractivity contribution is 6.00. The van der Waals surface area contributed by atoms with Crippen molar-refractivity contribution in [3.63, 3.8) is 0 Å². The smallest absolute Gasteiger partial charge is 0.253 e. The van der Waals surface area contributed by atoms with Gasteiger partial charge in [0, 0.05) is 25.4 Å². The first kappa shape index (κ1) is 14.9. The van der Waals surface area contributed by atoms with E-state index < -0.39 is 0 Å². The standard InChI is InChI=1S/C15H20N4O2/c1-4-12-10(9-19(2)18-12)8-17-15(20)11-6-5-7-13(21-3)14(11)16/h5-7,9H,4,8,16H2,1-3H3,(H,17,20). The molecule has 0 atom stereocenters. The van der Waals surface area contributed by atoms with Crippen molar-refractivity contribution in [2.75, 3.05) is 12.8 Å². The Hall–Kier alpha value is -2.50. The summed E-state index contributed by atoms with van der Waals surface area (Å²) in [4.78, 5) is 12.2. The van der Waals surface area contributed by atoms with Gasteiger partial charge < -0.3 is 15.8 Å². The fourth-order valence-corrected chi connectivity index (χ4v) is 2.22. The van der Waals surface area contributed by atoms with Crippen molar-refractivity contribution >= 4 is 11.6 Å². The molecule has 2 aromatic rings. The Morgan fingerprint density at radius 2 is 2.24 bits per heavy atom. The lowest BCUT2D eigenvalue weighted by atomic mass is 10.1. The predicted octanol–water partition coefficient (Wildman–Crippen LogP) is 1.50. The lowest BCUT2D eigenvalue weighted by Gasteiger charge is -2.10. The van der Waals surface area contributed by atoms with E-state index >= 15 is 0 Å². The fraction of sp³-hybridized carbons (Fsp3) is 0.333. The van der Waals surface area contributed by atoms with Crippen LogP contribution in [0.15, 0.2) is 24.4 Å². The van der Waals surface area contributed by atoms with Gasteiger partial charge in [0.1, 0.15) is 5.75 Å². The van der Waals surface area contributed by atoms with E-state index in [0.717, 1.165) is 17.7 Å². The molecule has 0 aliphatic carbocycles. The van der Waals surface area contributed by atoms with Crippen LogP contribution in [-0.2, 0) is 20.0 Å². The van der Waals surface area contributed by atoms with Crippen LogP contribution >= 0.6 is 0 Å². The topological polar surface area (TPSA) is 82.2 Å². The summed E-state index contributed by atoms with van der Waals surface area (Å²) >= 11 is 0. The van der Waals surface area contributed by atoms with E-state index in [0.29, 0.717) is 23.5 Å². The minimum atomic E-state index is -0.225. The molecule has 0 saturated carbocycles. The third-order valence-corrected chi connectivity index (χ3v) is 3.30. The summed E-state index contributed by atoms with van der Waals surface area (Å²) in [6, 6.07) is 5.14. The number of anilines is 1. The monoisotopic (exact) mass is 288 g/mol. The van der Waals surface area contributed by atoms with E-state index in [4.69, 9.17) is 10.5 Å². The molecule has 21 heavy (non-hydrogen) atoms. The Labute approximate surface area is 123 Å². The van der Waals surface area contributed by atoms with Gasteiger partial charge in [0.15, 0.2) is 0 Å². The predicted molar refractivity (Wildman–Crippen MR) is 81.2 cm³/mol. The third kappa shape index (κ3) is 3.16. The maximum atomic E-state index is 12.2. The molecule has 1 amide bonds. The SMILES string of the molecule is CCc1nn(C)cc1CNC(=O)c1cccc(OC)c1N. The Bertz CT molecular complexity index is 649. The molecule has 0 bridgehead atoms. The van der Waals surface area contributed by atoms with Gasteiger partial charge in [0.25, 0.3) is 5.91 Å². The minimum Gasteiger partial charge on any atom is -0.495 e. The van der Waals surface area contributed by atoms with Crippen LogP contribution in [0.4, 0.5) is 5.69 Å². The molecule has 1 aromatic heterocycles. The lowest BCUT2D eigenvalue weighted by Crippen LogP contribution is -2.24. The van der Waals surface area contributed by atoms with Crippen LogP contribution < -0.4 is 15.8 Å². The van der Waals surface area contributed by atoms with Gasteiger partial charge in [0.05, 0.1) is 24.1 Å². The van der Waals surface area contributed by atoms with Crippen LogP contribution in [0.25, 0.3) is 0 Å². The number of ether oxygens (including phenoxy) is 1. The van der Waals surface area contributed by atoms with Crippen LogP contribution in [0.2, 0.25) is 0 Å². The first-order chi connectivity index (χ1) is 10.1. The van der Waals surface area contributed by atoms with Gasteiger partial charge >= 0.3 is 0 Å². The summed E-state index contributed by atoms with van der Waals surface area (Å²) < 4.78 is 6.87. The summed E-state index contributed by atoms with van der Waals surface area (Å²) in [5.74, 6) is 0.274. The highest BCUT2D eigenvalue weighted by Crippen LogP contribution is 2.24. The number of carbonyl (C=O) groups excluding carboxylic acids is 1. The van der Waals surface area contributed by atoms with Gasteiger partial charge in [-0.1, -0.05) is 13.0 Å². The molecular weight excluding hydrogens is 268 g/mol. The number of nitrogens with zero attached hydrogens (tertiary/aromatic N) is 2. The number of amides is 1. The number of hydrogen-bond donors (Lipinski definition) is 2. The number of para-hydroxylation sites is 1. The molecule has 3 N–H and O–H groups in total. The van der Waals surface area contributed by atoms with Gasteiger partial charge in [-0.15, -0.1) is 0 Å². The van der Waals surface area contributed by atoms with Crippen LogP contribution in [0.3, 0.4) is 0 Å². The van der Waals surface area contributed by atoms with Crippen molar-refractivity contribution in [2.45, 2.75) is 19.9 Å². The molecule has 0 aliphatic heterocycles. The lowest BCUT2D eigenvalue weighted by molar-refractivity contribution is 0.0951. The minimum absolute atomic E-state index is 0.225. The van der Waals surface area contributed by atoms with Gasteiger partial charge in [-0.2, -0.15) is 5.10 Å². The summed E-state index contributed by atoms with van der Waals surface area (Å²) in [6.45, 7) is 2.46. The van der Waals surface area contributed by atoms with E-state index in [1.165, 1.54) is 7.11 Å². The molecule has 0 spiro atoms. The van der Waals surface area contributed by atoms with Crippen molar-refractivity contribution in [1.29, 1.82) is 0 Å². The number of hydrogen-bond acceptors (Lipinski definition) is 4. The molecule has 0 unspecified atom stereocenters. The van der Waals surface area contributed by atoms with Crippen molar-refractivity contribution in [2.24, 2.45) is 7.05 Å². The Morgan fingerprint density at radius 1 is 1.48 bits per heavy atom. The van der Waals surface area contributed by atoms with Gasteiger partial charge in [0.2, 0.25) is 0 Å². The van der Waals surface area contributed by atoms with Crippen LogP contribution in [0.5, 0.6) is 5.75 Å². The number of aryl methyl sites for hydroxylation is 2. The molecule has 0 saturated heterocycles. The third-order valence-electron chi connectivity index (χ3n) is 3.30. The average molecular weight is 288 g/mol. The van der Waals surface area contributed by atoms with E-state index in [1.54, 1.807) is 22.9 Å². The van der Waals surface area contributed by atoms with E-state index in [1.807, 2.05) is 20.2 Å². The van der Waals surface area contributed by atoms with Crippen molar-refractivity contribution in [3.05, 3.63) is 41.2 Å². The maximum absolute atomic E-state index is 12.2. The van der Waals surface area contributed by atoms with Crippen LogP contribution in [0.1, 0.15) is 28.5 Å². The highest BCUT2D eigenvalue weighted by Gasteiger charge is 2.14. The number of methoxy groups -OCH3 is 1. The second kappa shape index (κ2) is 6.30. The van der Waals surface area contributed by atoms with Crippen molar-refractivity contribution in [3.8, 4) is 5.75 Å². The maximum Gasteiger partial charge on any atom is 0.253 e. The Balaban J connectivity index is 2.12. The largest absolute Gasteiger partial charge is 0.495 e. The molecule has 2 rings (SSSR count). The molecule has 112 valence electrons. The molecule has 1 aromatic carbocycles. The van der Waals surface area contributed by atoms with Crippen LogP contribution in [-0.4, -0.2) is 22.8 Å². The number of nitrogens with one attached hydrogen (secondary N) is 1. The molecule has 6 heteroatoms. The van der Waals surface area contributed by atoms with Gasteiger partial charge in [-0.25, -0.2) is 0 Å². The summed E-state index contributed by atoms with van der Waals surface area (Å²) in [5, 5.41) is 7.21. The molecular formula is C15H20N4O2. The number of aromatic nitrogens is 2. The number of rotatable bonds is 5. The molecule has 0 radical (unpaired) electrons. The molecule has 6 nitrogen and oxygen atoms in total. The molecule has 0 aliphatic rings. The highest BCUT2D eigenvalue weighted by atomic mass is 16.5. The second-order valence-corrected chi connectivity index (χ2v) is 4.73. The Morgan fingerprint density at radius 3 is 2.90 bits per heavy atom. The number of nitrogens with two attached hydrogens (primary N) is 1. The van der Waals surface area contributed by atoms with Crippen LogP contribution in [0, 0.1) is 0 Å². The first-order valence-corrected chi connectivity index (χ1v) is 6.78. The Kier molecular flexibility index (Phi) is 4.47. The van der Waals surface area contributed by atoms with Gasteiger partial charge in [-0.05, 0) is 18.6 Å². The fourth-order valence-electron chi connectivity index (χ4n) is 2.22. The zero-order valence-electron chi connectivity index (χ0n) is 12.5. The molecule has 0 fully saturated rings. The van der Waals surface area contributed by atoms with Gasteiger partial charge in [-0.3, -0.25) is 9.48 Å². The average Bonchev–Trinajstić information content (AvgIpc) is 2.85. The summed E-state index contributed by atoms with van der Waals surface area (Å²) in [7, 11) is 3.39. The van der Waals surface area contributed by atoms with Crippen molar-refractivity contribution in [1.82, 2.24) is 15.1 Å². The van der Waals surface area contributed by atoms with Crippen molar-refractivity contribution < 1.29 is 9.53 Å². The first-order valence-electron chi connectivity index (χ1n) is 6.78. The summed E-state index contributed by atoms with van der Waals surface area (Å²) in [6.07, 6.45) is 2.74. The van der Waals surface area contributed by atoms with E-state index in [9.17, 15) is 4.79 Å².